The van der Waals surface area contributed by atoms with E-state index in [1.165, 1.54) is 5.56 Å². The SMILES string of the molecule is CCC/C(N)=C/c1ccccc1. The predicted molar refractivity (Wildman–Crippen MR) is 53.5 cm³/mol. The molecule has 0 radical (unpaired) electrons. The highest BCUT2D eigenvalue weighted by Crippen LogP contribution is 2.06. The monoisotopic (exact) mass is 161 g/mol. The molecule has 0 bridgehead atoms. The minimum Gasteiger partial charge on any atom is -0.402 e. The van der Waals surface area contributed by atoms with Gasteiger partial charge in [-0.15, -0.1) is 0 Å². The van der Waals surface area contributed by atoms with Crippen LogP contribution in [0.1, 0.15) is 25.3 Å². The predicted octanol–water partition coefficient (Wildman–Crippen LogP) is 2.79. The van der Waals surface area contributed by atoms with Crippen molar-refractivity contribution in [2.24, 2.45) is 5.73 Å². The van der Waals surface area contributed by atoms with Crippen molar-refractivity contribution in [2.75, 3.05) is 0 Å². The van der Waals surface area contributed by atoms with E-state index in [2.05, 4.69) is 19.1 Å². The molecule has 1 rings (SSSR count). The molecule has 0 amide bonds. The van der Waals surface area contributed by atoms with Gasteiger partial charge in [-0.05, 0) is 18.1 Å². The molecular weight excluding hydrogens is 146 g/mol. The normalized spacial score (nSPS) is 11.6. The first kappa shape index (κ1) is 8.85. The standard InChI is InChI=1S/C11H15N/c1-2-6-11(12)9-10-7-4-3-5-8-10/h3-5,7-9H,2,6,12H2,1H3/b11-9-. The van der Waals surface area contributed by atoms with Crippen LogP contribution in [0.2, 0.25) is 0 Å². The van der Waals surface area contributed by atoms with Crippen molar-refractivity contribution in [3.05, 3.63) is 41.6 Å². The number of hydrogen-bond acceptors (Lipinski definition) is 1. The van der Waals surface area contributed by atoms with Crippen molar-refractivity contribution in [3.8, 4) is 0 Å². The molecule has 1 aromatic carbocycles. The first-order valence-electron chi connectivity index (χ1n) is 4.34. The fourth-order valence-corrected chi connectivity index (χ4v) is 1.12. The fraction of sp³-hybridized carbons (Fsp3) is 0.273. The number of hydrogen-bond donors (Lipinski definition) is 1. The average Bonchev–Trinajstić information content (AvgIpc) is 2.06. The molecule has 0 atom stereocenters. The van der Waals surface area contributed by atoms with Gasteiger partial charge in [-0.3, -0.25) is 0 Å². The molecule has 0 unspecified atom stereocenters. The molecule has 2 N–H and O–H groups in total. The van der Waals surface area contributed by atoms with Gasteiger partial charge in [0.25, 0.3) is 0 Å². The van der Waals surface area contributed by atoms with E-state index in [9.17, 15) is 0 Å². The summed E-state index contributed by atoms with van der Waals surface area (Å²) in [7, 11) is 0. The second-order valence-corrected chi connectivity index (χ2v) is 2.88. The smallest absolute Gasteiger partial charge is 0.00863 e. The summed E-state index contributed by atoms with van der Waals surface area (Å²) in [5.41, 5.74) is 7.92. The van der Waals surface area contributed by atoms with Gasteiger partial charge in [-0.25, -0.2) is 0 Å². The van der Waals surface area contributed by atoms with E-state index >= 15 is 0 Å². The van der Waals surface area contributed by atoms with Crippen molar-refractivity contribution < 1.29 is 0 Å². The molecule has 0 heterocycles. The van der Waals surface area contributed by atoms with Gasteiger partial charge >= 0.3 is 0 Å². The van der Waals surface area contributed by atoms with Crippen molar-refractivity contribution in [2.45, 2.75) is 19.8 Å². The molecular formula is C11H15N. The fourth-order valence-electron chi connectivity index (χ4n) is 1.12. The molecule has 1 heteroatoms. The van der Waals surface area contributed by atoms with Crippen LogP contribution in [-0.4, -0.2) is 0 Å². The third kappa shape index (κ3) is 2.79. The molecule has 0 saturated heterocycles. The first-order valence-corrected chi connectivity index (χ1v) is 4.34. The molecule has 0 aliphatic carbocycles. The Balaban J connectivity index is 2.67. The summed E-state index contributed by atoms with van der Waals surface area (Å²) < 4.78 is 0. The summed E-state index contributed by atoms with van der Waals surface area (Å²) in [5, 5.41) is 0. The summed E-state index contributed by atoms with van der Waals surface area (Å²) >= 11 is 0. The van der Waals surface area contributed by atoms with Gasteiger partial charge in [-0.1, -0.05) is 43.7 Å². The molecule has 0 aliphatic rings. The van der Waals surface area contributed by atoms with E-state index in [1.54, 1.807) is 0 Å². The molecule has 0 aromatic heterocycles. The highest BCUT2D eigenvalue weighted by Gasteiger charge is 1.88. The molecule has 0 aliphatic heterocycles. The van der Waals surface area contributed by atoms with Crippen molar-refractivity contribution in [1.29, 1.82) is 0 Å². The van der Waals surface area contributed by atoms with Gasteiger partial charge < -0.3 is 5.73 Å². The maximum Gasteiger partial charge on any atom is 0.00863 e. The first-order chi connectivity index (χ1) is 5.83. The average molecular weight is 161 g/mol. The summed E-state index contributed by atoms with van der Waals surface area (Å²) in [6.45, 7) is 2.13. The van der Waals surface area contributed by atoms with Gasteiger partial charge in [0.2, 0.25) is 0 Å². The summed E-state index contributed by atoms with van der Waals surface area (Å²) in [6, 6.07) is 10.2. The Labute approximate surface area is 73.9 Å². The molecule has 0 fully saturated rings. The second-order valence-electron chi connectivity index (χ2n) is 2.88. The largest absolute Gasteiger partial charge is 0.402 e. The van der Waals surface area contributed by atoms with Gasteiger partial charge in [0.05, 0.1) is 0 Å². The third-order valence-corrected chi connectivity index (χ3v) is 1.69. The lowest BCUT2D eigenvalue weighted by Crippen LogP contribution is -1.95. The summed E-state index contributed by atoms with van der Waals surface area (Å²) in [5.74, 6) is 0. The molecule has 0 spiro atoms. The summed E-state index contributed by atoms with van der Waals surface area (Å²) in [4.78, 5) is 0. The minimum absolute atomic E-state index is 0.962. The van der Waals surface area contributed by atoms with Gasteiger partial charge in [0, 0.05) is 5.70 Å². The molecule has 64 valence electrons. The van der Waals surface area contributed by atoms with E-state index < -0.39 is 0 Å². The van der Waals surface area contributed by atoms with Crippen LogP contribution in [0.5, 0.6) is 0 Å². The molecule has 1 aromatic rings. The maximum atomic E-state index is 5.78. The van der Waals surface area contributed by atoms with Gasteiger partial charge in [0.15, 0.2) is 0 Å². The Bertz CT molecular complexity index is 249. The van der Waals surface area contributed by atoms with Crippen LogP contribution < -0.4 is 5.73 Å². The Kier molecular flexibility index (Phi) is 3.39. The second kappa shape index (κ2) is 4.60. The number of rotatable bonds is 3. The zero-order valence-electron chi connectivity index (χ0n) is 7.46. The van der Waals surface area contributed by atoms with Crippen molar-refractivity contribution >= 4 is 6.08 Å². The van der Waals surface area contributed by atoms with Crippen LogP contribution in [0.3, 0.4) is 0 Å². The van der Waals surface area contributed by atoms with E-state index in [0.717, 1.165) is 18.5 Å². The lowest BCUT2D eigenvalue weighted by molar-refractivity contribution is 0.899. The van der Waals surface area contributed by atoms with Crippen LogP contribution >= 0.6 is 0 Å². The Morgan fingerprint density at radius 2 is 2.00 bits per heavy atom. The third-order valence-electron chi connectivity index (χ3n) is 1.69. The number of allylic oxidation sites excluding steroid dienone is 1. The zero-order valence-corrected chi connectivity index (χ0v) is 7.46. The van der Waals surface area contributed by atoms with Crippen LogP contribution in [0.15, 0.2) is 36.0 Å². The lowest BCUT2D eigenvalue weighted by atomic mass is 10.1. The van der Waals surface area contributed by atoms with E-state index in [0.29, 0.717) is 0 Å². The summed E-state index contributed by atoms with van der Waals surface area (Å²) in [6.07, 6.45) is 4.12. The quantitative estimate of drug-likeness (QED) is 0.724. The van der Waals surface area contributed by atoms with Crippen molar-refractivity contribution in [1.82, 2.24) is 0 Å². The van der Waals surface area contributed by atoms with E-state index in [-0.39, 0.29) is 0 Å². The maximum absolute atomic E-state index is 5.78. The molecule has 1 nitrogen and oxygen atoms in total. The molecule has 12 heavy (non-hydrogen) atoms. The van der Waals surface area contributed by atoms with Gasteiger partial charge in [-0.2, -0.15) is 0 Å². The topological polar surface area (TPSA) is 26.0 Å². The Hall–Kier alpha value is -1.24. The lowest BCUT2D eigenvalue weighted by Gasteiger charge is -1.97. The molecule has 0 saturated carbocycles. The van der Waals surface area contributed by atoms with Crippen LogP contribution in [0, 0.1) is 0 Å². The van der Waals surface area contributed by atoms with Crippen LogP contribution in [0.25, 0.3) is 6.08 Å². The highest BCUT2D eigenvalue weighted by atomic mass is 14.6. The Morgan fingerprint density at radius 3 is 2.58 bits per heavy atom. The number of benzene rings is 1. The van der Waals surface area contributed by atoms with Crippen molar-refractivity contribution in [3.63, 3.8) is 0 Å². The minimum atomic E-state index is 0.962. The van der Waals surface area contributed by atoms with E-state index in [1.807, 2.05) is 24.3 Å². The van der Waals surface area contributed by atoms with Crippen LogP contribution in [-0.2, 0) is 0 Å². The Morgan fingerprint density at radius 1 is 1.33 bits per heavy atom. The van der Waals surface area contributed by atoms with Gasteiger partial charge in [0.1, 0.15) is 0 Å². The zero-order chi connectivity index (χ0) is 8.81. The van der Waals surface area contributed by atoms with E-state index in [4.69, 9.17) is 5.73 Å². The van der Waals surface area contributed by atoms with Crippen LogP contribution in [0.4, 0.5) is 0 Å². The highest BCUT2D eigenvalue weighted by molar-refractivity contribution is 5.51. The number of nitrogens with two attached hydrogens (primary N) is 1.